The van der Waals surface area contributed by atoms with Crippen molar-refractivity contribution in [3.05, 3.63) is 24.8 Å². The van der Waals surface area contributed by atoms with Crippen LogP contribution in [0.15, 0.2) is 24.8 Å². The number of nitrogens with zero attached hydrogens (tertiary/aromatic N) is 2. The molecule has 0 saturated heterocycles. The van der Waals surface area contributed by atoms with Gasteiger partial charge in [-0.05, 0) is 31.1 Å². The molecule has 1 aromatic rings. The van der Waals surface area contributed by atoms with Crippen LogP contribution in [0.25, 0.3) is 0 Å². The molecule has 76 valence electrons. The van der Waals surface area contributed by atoms with Crippen molar-refractivity contribution in [2.24, 2.45) is 11.8 Å². The number of rotatable bonds is 2. The van der Waals surface area contributed by atoms with Gasteiger partial charge in [0.2, 0.25) is 0 Å². The van der Waals surface area contributed by atoms with Gasteiger partial charge in [0.25, 0.3) is 6.33 Å². The van der Waals surface area contributed by atoms with Crippen molar-refractivity contribution < 1.29 is 4.57 Å². The van der Waals surface area contributed by atoms with Gasteiger partial charge in [-0.1, -0.05) is 18.8 Å². The van der Waals surface area contributed by atoms with Gasteiger partial charge in [-0.3, -0.25) is 0 Å². The molecule has 0 amide bonds. The fourth-order valence-corrected chi connectivity index (χ4v) is 2.43. The molecule has 0 bridgehead atoms. The zero-order valence-corrected chi connectivity index (χ0v) is 9.06. The standard InChI is InChI=1S/C12H19N2/c1-10(2)11-4-5-12(8-11)14-7-3-6-13-9-14/h3,6-7,9-12H,4-5,8H2,1-2H3/q+1. The van der Waals surface area contributed by atoms with Crippen LogP contribution in [-0.2, 0) is 0 Å². The first-order chi connectivity index (χ1) is 6.77. The van der Waals surface area contributed by atoms with Crippen LogP contribution < -0.4 is 4.57 Å². The molecule has 2 heteroatoms. The molecule has 2 nitrogen and oxygen atoms in total. The maximum atomic E-state index is 4.16. The predicted octanol–water partition coefficient (Wildman–Crippen LogP) is 2.37. The van der Waals surface area contributed by atoms with Crippen molar-refractivity contribution in [2.45, 2.75) is 39.2 Å². The van der Waals surface area contributed by atoms with Gasteiger partial charge in [0, 0.05) is 6.07 Å². The first-order valence-corrected chi connectivity index (χ1v) is 5.58. The Morgan fingerprint density at radius 3 is 2.79 bits per heavy atom. The Hall–Kier alpha value is -0.920. The normalized spacial score (nSPS) is 27.1. The maximum absolute atomic E-state index is 4.16. The third kappa shape index (κ3) is 1.94. The molecule has 2 unspecified atom stereocenters. The predicted molar refractivity (Wildman–Crippen MR) is 55.6 cm³/mol. The molecule has 1 heterocycles. The quantitative estimate of drug-likeness (QED) is 0.656. The largest absolute Gasteiger partial charge is 0.286 e. The summed E-state index contributed by atoms with van der Waals surface area (Å²) in [6.07, 6.45) is 9.95. The van der Waals surface area contributed by atoms with E-state index in [2.05, 4.69) is 29.6 Å². The van der Waals surface area contributed by atoms with Crippen LogP contribution in [0.1, 0.15) is 39.2 Å². The molecule has 0 aromatic carbocycles. The molecule has 1 fully saturated rings. The van der Waals surface area contributed by atoms with Crippen molar-refractivity contribution in [3.63, 3.8) is 0 Å². The van der Waals surface area contributed by atoms with Gasteiger partial charge >= 0.3 is 0 Å². The smallest absolute Gasteiger partial charge is 0.235 e. The number of hydrogen-bond donors (Lipinski definition) is 0. The minimum atomic E-state index is 0.691. The van der Waals surface area contributed by atoms with Crippen molar-refractivity contribution in [1.82, 2.24) is 4.98 Å². The third-order valence-electron chi connectivity index (χ3n) is 3.44. The Bertz CT molecular complexity index is 282. The summed E-state index contributed by atoms with van der Waals surface area (Å²) < 4.78 is 2.27. The molecule has 1 saturated carbocycles. The van der Waals surface area contributed by atoms with Gasteiger partial charge in [-0.25, -0.2) is 4.57 Å². The highest BCUT2D eigenvalue weighted by Crippen LogP contribution is 2.35. The van der Waals surface area contributed by atoms with Crippen LogP contribution in [0.5, 0.6) is 0 Å². The lowest BCUT2D eigenvalue weighted by atomic mass is 9.94. The molecule has 2 atom stereocenters. The van der Waals surface area contributed by atoms with Crippen molar-refractivity contribution in [3.8, 4) is 0 Å². The average Bonchev–Trinajstić information content (AvgIpc) is 2.68. The monoisotopic (exact) mass is 191 g/mol. The number of hydrogen-bond acceptors (Lipinski definition) is 1. The van der Waals surface area contributed by atoms with E-state index in [0.29, 0.717) is 6.04 Å². The van der Waals surface area contributed by atoms with Crippen LogP contribution >= 0.6 is 0 Å². The minimum Gasteiger partial charge on any atom is -0.235 e. The van der Waals surface area contributed by atoms with Gasteiger partial charge < -0.3 is 0 Å². The molecule has 1 aromatic heterocycles. The zero-order valence-electron chi connectivity index (χ0n) is 9.06. The lowest BCUT2D eigenvalue weighted by Gasteiger charge is -2.13. The van der Waals surface area contributed by atoms with E-state index in [0.717, 1.165) is 11.8 Å². The molecule has 0 aliphatic heterocycles. The second kappa shape index (κ2) is 4.07. The maximum Gasteiger partial charge on any atom is 0.286 e. The highest BCUT2D eigenvalue weighted by atomic mass is 15.0. The summed E-state index contributed by atoms with van der Waals surface area (Å²) in [7, 11) is 0. The van der Waals surface area contributed by atoms with Crippen LogP contribution in [-0.4, -0.2) is 4.98 Å². The van der Waals surface area contributed by atoms with Crippen LogP contribution in [0.4, 0.5) is 0 Å². The average molecular weight is 191 g/mol. The Morgan fingerprint density at radius 1 is 1.36 bits per heavy atom. The summed E-state index contributed by atoms with van der Waals surface area (Å²) >= 11 is 0. The molecule has 2 rings (SSSR count). The van der Waals surface area contributed by atoms with Crippen LogP contribution in [0, 0.1) is 11.8 Å². The van der Waals surface area contributed by atoms with E-state index in [9.17, 15) is 0 Å². The summed E-state index contributed by atoms with van der Waals surface area (Å²) in [5.41, 5.74) is 0. The molecular formula is C12H19N2+. The lowest BCUT2D eigenvalue weighted by Crippen LogP contribution is -2.37. The first-order valence-electron chi connectivity index (χ1n) is 5.58. The molecule has 0 N–H and O–H groups in total. The van der Waals surface area contributed by atoms with Gasteiger partial charge in [-0.2, -0.15) is 0 Å². The summed E-state index contributed by atoms with van der Waals surface area (Å²) in [6, 6.07) is 2.71. The Balaban J connectivity index is 2.03. The van der Waals surface area contributed by atoms with E-state index in [1.165, 1.54) is 19.3 Å². The second-order valence-corrected chi connectivity index (χ2v) is 4.67. The summed E-state index contributed by atoms with van der Waals surface area (Å²) in [5.74, 6) is 1.74. The highest BCUT2D eigenvalue weighted by Gasteiger charge is 2.30. The first kappa shape index (κ1) is 9.63. The highest BCUT2D eigenvalue weighted by molar-refractivity contribution is 4.76. The fourth-order valence-electron chi connectivity index (χ4n) is 2.43. The van der Waals surface area contributed by atoms with Gasteiger partial charge in [-0.15, -0.1) is 0 Å². The van der Waals surface area contributed by atoms with E-state index in [1.807, 2.05) is 18.6 Å². The van der Waals surface area contributed by atoms with Gasteiger partial charge in [0.1, 0.15) is 12.2 Å². The Kier molecular flexibility index (Phi) is 2.80. The van der Waals surface area contributed by atoms with Crippen molar-refractivity contribution in [1.29, 1.82) is 0 Å². The molecule has 0 radical (unpaired) electrons. The second-order valence-electron chi connectivity index (χ2n) is 4.67. The Morgan fingerprint density at radius 2 is 2.21 bits per heavy atom. The van der Waals surface area contributed by atoms with Gasteiger partial charge in [0.15, 0.2) is 0 Å². The van der Waals surface area contributed by atoms with E-state index in [-0.39, 0.29) is 0 Å². The summed E-state index contributed by atoms with van der Waals surface area (Å²) in [4.78, 5) is 4.16. The summed E-state index contributed by atoms with van der Waals surface area (Å²) in [6.45, 7) is 4.67. The minimum absolute atomic E-state index is 0.691. The van der Waals surface area contributed by atoms with Gasteiger partial charge in [0.05, 0.1) is 6.20 Å². The summed E-state index contributed by atoms with van der Waals surface area (Å²) in [5, 5.41) is 0. The van der Waals surface area contributed by atoms with E-state index < -0.39 is 0 Å². The topological polar surface area (TPSA) is 16.8 Å². The van der Waals surface area contributed by atoms with E-state index in [4.69, 9.17) is 0 Å². The molecule has 0 spiro atoms. The van der Waals surface area contributed by atoms with E-state index >= 15 is 0 Å². The lowest BCUT2D eigenvalue weighted by molar-refractivity contribution is -0.724. The van der Waals surface area contributed by atoms with Crippen molar-refractivity contribution >= 4 is 0 Å². The zero-order chi connectivity index (χ0) is 9.97. The van der Waals surface area contributed by atoms with E-state index in [1.54, 1.807) is 0 Å². The van der Waals surface area contributed by atoms with Crippen LogP contribution in [0.3, 0.4) is 0 Å². The molecule has 1 aliphatic rings. The molecular weight excluding hydrogens is 172 g/mol. The van der Waals surface area contributed by atoms with Crippen molar-refractivity contribution in [2.75, 3.05) is 0 Å². The third-order valence-corrected chi connectivity index (χ3v) is 3.44. The number of aromatic nitrogens is 2. The SMILES string of the molecule is CC(C)C1CCC([n+]2cccnc2)C1. The molecule has 14 heavy (non-hydrogen) atoms. The fraction of sp³-hybridized carbons (Fsp3) is 0.667. The van der Waals surface area contributed by atoms with Crippen LogP contribution in [0.2, 0.25) is 0 Å². The molecule has 1 aliphatic carbocycles. The Labute approximate surface area is 86.0 Å².